The fourth-order valence-corrected chi connectivity index (χ4v) is 0.196. The van der Waals surface area contributed by atoms with Crippen molar-refractivity contribution in [3.8, 4) is 0 Å². The van der Waals surface area contributed by atoms with Gasteiger partial charge >= 0.3 is 0 Å². The van der Waals surface area contributed by atoms with Gasteiger partial charge in [-0.25, -0.2) is 0 Å². The Labute approximate surface area is 61.6 Å². The van der Waals surface area contributed by atoms with Gasteiger partial charge in [0.1, 0.15) is 0 Å². The molecule has 0 atom stereocenters. The number of nitrogens with two attached hydrogens (primary N) is 1. The molecule has 56 valence electrons. The van der Waals surface area contributed by atoms with Gasteiger partial charge in [0.15, 0.2) is 0 Å². The SMILES string of the molecule is C=C.C=CC(=C)CN=NN. The molecule has 0 aliphatic carbocycles. The molecule has 0 heterocycles. The number of hydrogen-bond acceptors (Lipinski definition) is 2. The van der Waals surface area contributed by atoms with Gasteiger partial charge in [-0.05, 0) is 5.57 Å². The summed E-state index contributed by atoms with van der Waals surface area (Å²) in [6, 6.07) is 0. The van der Waals surface area contributed by atoms with Crippen LogP contribution >= 0.6 is 0 Å². The zero-order valence-electron chi connectivity index (χ0n) is 6.08. The van der Waals surface area contributed by atoms with E-state index in [1.54, 1.807) is 6.08 Å². The summed E-state index contributed by atoms with van der Waals surface area (Å²) in [5.41, 5.74) is 0.819. The first-order valence-electron chi connectivity index (χ1n) is 2.68. The van der Waals surface area contributed by atoms with Crippen molar-refractivity contribution < 1.29 is 0 Å². The molecule has 0 aromatic heterocycles. The monoisotopic (exact) mass is 139 g/mol. The van der Waals surface area contributed by atoms with E-state index < -0.39 is 0 Å². The fourth-order valence-electron chi connectivity index (χ4n) is 0.196. The third-order valence-corrected chi connectivity index (χ3v) is 0.644. The van der Waals surface area contributed by atoms with Gasteiger partial charge < -0.3 is 5.84 Å². The molecule has 0 aromatic rings. The fraction of sp³-hybridized carbons (Fsp3) is 0.143. The molecule has 0 fully saturated rings. The molecule has 0 unspecified atom stereocenters. The van der Waals surface area contributed by atoms with Crippen LogP contribution < -0.4 is 5.84 Å². The Balaban J connectivity index is 0. The quantitative estimate of drug-likeness (QED) is 0.209. The van der Waals surface area contributed by atoms with Crippen molar-refractivity contribution in [1.29, 1.82) is 0 Å². The number of nitrogens with zero attached hydrogens (tertiary/aromatic N) is 2. The van der Waals surface area contributed by atoms with Gasteiger partial charge in [-0.1, -0.05) is 24.5 Å². The second-order valence-electron chi connectivity index (χ2n) is 1.28. The standard InChI is InChI=1S/C5H9N3.C2H4/c1-3-5(2)4-7-8-6;1-2/h3H,1-2,4H2,(H2,6,7);1-2H2. The Morgan fingerprint density at radius 3 is 2.30 bits per heavy atom. The summed E-state index contributed by atoms with van der Waals surface area (Å²) in [7, 11) is 0. The van der Waals surface area contributed by atoms with Crippen molar-refractivity contribution in [2.75, 3.05) is 6.54 Å². The largest absolute Gasteiger partial charge is 0.305 e. The highest BCUT2D eigenvalue weighted by atomic mass is 15.3. The molecular formula is C7H13N3. The lowest BCUT2D eigenvalue weighted by atomic mass is 10.3. The molecule has 0 amide bonds. The second-order valence-corrected chi connectivity index (χ2v) is 1.28. The molecule has 0 aromatic carbocycles. The van der Waals surface area contributed by atoms with Crippen molar-refractivity contribution >= 4 is 0 Å². The van der Waals surface area contributed by atoms with Crippen LogP contribution in [0.4, 0.5) is 0 Å². The van der Waals surface area contributed by atoms with Crippen molar-refractivity contribution in [3.63, 3.8) is 0 Å². The summed E-state index contributed by atoms with van der Waals surface area (Å²) < 4.78 is 0. The summed E-state index contributed by atoms with van der Waals surface area (Å²) >= 11 is 0. The van der Waals surface area contributed by atoms with Crippen LogP contribution in [0.15, 0.2) is 48.3 Å². The molecule has 0 radical (unpaired) electrons. The first-order chi connectivity index (χ1) is 4.81. The van der Waals surface area contributed by atoms with Gasteiger partial charge in [0.2, 0.25) is 0 Å². The topological polar surface area (TPSA) is 50.7 Å². The summed E-state index contributed by atoms with van der Waals surface area (Å²) in [4.78, 5) is 0. The minimum absolute atomic E-state index is 0.444. The molecule has 0 saturated heterocycles. The van der Waals surface area contributed by atoms with Gasteiger partial charge in [0.25, 0.3) is 0 Å². The van der Waals surface area contributed by atoms with Crippen LogP contribution in [-0.2, 0) is 0 Å². The first kappa shape index (κ1) is 11.4. The number of hydrogen-bond donors (Lipinski definition) is 1. The highest BCUT2D eigenvalue weighted by Crippen LogP contribution is 1.89. The lowest BCUT2D eigenvalue weighted by Gasteiger charge is -1.86. The molecule has 0 aliphatic heterocycles. The maximum atomic E-state index is 4.71. The molecule has 3 nitrogen and oxygen atoms in total. The zero-order chi connectivity index (χ0) is 8.41. The second kappa shape index (κ2) is 10.6. The summed E-state index contributed by atoms with van der Waals surface area (Å²) in [5.74, 6) is 4.71. The van der Waals surface area contributed by atoms with Crippen molar-refractivity contribution in [3.05, 3.63) is 38.0 Å². The van der Waals surface area contributed by atoms with Gasteiger partial charge in [-0.3, -0.25) is 0 Å². The third-order valence-electron chi connectivity index (χ3n) is 0.644. The Morgan fingerprint density at radius 2 is 2.00 bits per heavy atom. The van der Waals surface area contributed by atoms with Crippen molar-refractivity contribution in [1.82, 2.24) is 0 Å². The maximum absolute atomic E-state index is 4.71. The summed E-state index contributed by atoms with van der Waals surface area (Å²) in [6.07, 6.45) is 1.62. The van der Waals surface area contributed by atoms with E-state index in [0.29, 0.717) is 6.54 Å². The third kappa shape index (κ3) is 9.80. The van der Waals surface area contributed by atoms with Crippen molar-refractivity contribution in [2.45, 2.75) is 0 Å². The predicted molar refractivity (Wildman–Crippen MR) is 44.5 cm³/mol. The molecule has 0 rings (SSSR count). The van der Waals surface area contributed by atoms with E-state index in [4.69, 9.17) is 5.84 Å². The molecule has 2 N–H and O–H groups in total. The first-order valence-corrected chi connectivity index (χ1v) is 2.68. The van der Waals surface area contributed by atoms with Crippen LogP contribution in [0, 0.1) is 0 Å². The lowest BCUT2D eigenvalue weighted by molar-refractivity contribution is 0.952. The molecular weight excluding hydrogens is 126 g/mol. The van der Waals surface area contributed by atoms with Crippen LogP contribution in [0.1, 0.15) is 0 Å². The van der Waals surface area contributed by atoms with E-state index in [0.717, 1.165) is 5.57 Å². The Kier molecular flexibility index (Phi) is 12.1. The minimum Gasteiger partial charge on any atom is -0.305 e. The maximum Gasteiger partial charge on any atom is 0.0864 e. The van der Waals surface area contributed by atoms with E-state index in [9.17, 15) is 0 Å². The van der Waals surface area contributed by atoms with Crippen LogP contribution in [0.3, 0.4) is 0 Å². The van der Waals surface area contributed by atoms with E-state index >= 15 is 0 Å². The summed E-state index contributed by atoms with van der Waals surface area (Å²) in [5, 5.41) is 6.51. The van der Waals surface area contributed by atoms with Crippen LogP contribution in [0.5, 0.6) is 0 Å². The van der Waals surface area contributed by atoms with Gasteiger partial charge in [0, 0.05) is 0 Å². The predicted octanol–water partition coefficient (Wildman–Crippen LogP) is 1.86. The number of rotatable bonds is 3. The normalized spacial score (nSPS) is 8.00. The Bertz CT molecular complexity index is 127. The van der Waals surface area contributed by atoms with Crippen LogP contribution in [-0.4, -0.2) is 6.54 Å². The van der Waals surface area contributed by atoms with Crippen LogP contribution in [0.2, 0.25) is 0 Å². The Morgan fingerprint density at radius 1 is 1.50 bits per heavy atom. The highest BCUT2D eigenvalue weighted by molar-refractivity contribution is 5.12. The molecule has 0 saturated carbocycles. The molecule has 10 heavy (non-hydrogen) atoms. The minimum atomic E-state index is 0.444. The molecule has 0 spiro atoms. The smallest absolute Gasteiger partial charge is 0.0864 e. The van der Waals surface area contributed by atoms with Crippen LogP contribution in [0.25, 0.3) is 0 Å². The van der Waals surface area contributed by atoms with E-state index in [2.05, 4.69) is 36.7 Å². The lowest BCUT2D eigenvalue weighted by Crippen LogP contribution is -1.82. The molecule has 3 heteroatoms. The van der Waals surface area contributed by atoms with Gasteiger partial charge in [-0.15, -0.1) is 13.2 Å². The van der Waals surface area contributed by atoms with E-state index in [-0.39, 0.29) is 0 Å². The molecule has 0 aliphatic rings. The average molecular weight is 139 g/mol. The van der Waals surface area contributed by atoms with Gasteiger partial charge in [0.05, 0.1) is 6.54 Å². The average Bonchev–Trinajstić information content (AvgIpc) is 2.04. The van der Waals surface area contributed by atoms with Gasteiger partial charge in [-0.2, -0.15) is 5.11 Å². The Hall–Kier alpha value is -1.38. The summed E-state index contributed by atoms with van der Waals surface area (Å²) in [6.45, 7) is 13.5. The van der Waals surface area contributed by atoms with Crippen molar-refractivity contribution in [2.24, 2.45) is 16.2 Å². The highest BCUT2D eigenvalue weighted by Gasteiger charge is 1.79. The molecule has 0 bridgehead atoms. The van der Waals surface area contributed by atoms with E-state index in [1.807, 2.05) is 0 Å². The zero-order valence-corrected chi connectivity index (χ0v) is 6.08. The van der Waals surface area contributed by atoms with E-state index in [1.165, 1.54) is 0 Å².